The lowest BCUT2D eigenvalue weighted by Crippen LogP contribution is -2.55. The highest BCUT2D eigenvalue weighted by Crippen LogP contribution is 2.40. The molecular formula is C24H24ClFO5S. The molecule has 0 radical (unpaired) electrons. The highest BCUT2D eigenvalue weighted by atomic mass is 35.5. The molecule has 5 nitrogen and oxygen atoms in total. The van der Waals surface area contributed by atoms with Crippen LogP contribution in [-0.4, -0.2) is 51.4 Å². The second-order valence-electron chi connectivity index (χ2n) is 7.96. The summed E-state index contributed by atoms with van der Waals surface area (Å²) in [5.74, 6) is -0.359. The molecule has 0 bridgehead atoms. The van der Waals surface area contributed by atoms with E-state index in [2.05, 4.69) is 0 Å². The van der Waals surface area contributed by atoms with Gasteiger partial charge in [0.05, 0.1) is 6.61 Å². The van der Waals surface area contributed by atoms with Crippen molar-refractivity contribution in [1.29, 1.82) is 0 Å². The predicted molar refractivity (Wildman–Crippen MR) is 121 cm³/mol. The van der Waals surface area contributed by atoms with Gasteiger partial charge in [0.25, 0.3) is 0 Å². The first kappa shape index (κ1) is 23.3. The number of halogens is 2. The Morgan fingerprint density at radius 1 is 1.00 bits per heavy atom. The van der Waals surface area contributed by atoms with E-state index in [1.807, 2.05) is 25.1 Å². The van der Waals surface area contributed by atoms with E-state index in [0.717, 1.165) is 20.9 Å². The van der Waals surface area contributed by atoms with Crippen LogP contribution in [0.2, 0.25) is 5.02 Å². The molecule has 4 N–H and O–H groups in total. The van der Waals surface area contributed by atoms with E-state index in [1.54, 1.807) is 35.6 Å². The molecule has 0 saturated carbocycles. The molecule has 1 aliphatic heterocycles. The second kappa shape index (κ2) is 9.57. The van der Waals surface area contributed by atoms with Crippen molar-refractivity contribution in [3.05, 3.63) is 81.4 Å². The van der Waals surface area contributed by atoms with E-state index in [-0.39, 0.29) is 11.7 Å². The van der Waals surface area contributed by atoms with Crippen molar-refractivity contribution in [2.45, 2.75) is 43.4 Å². The van der Waals surface area contributed by atoms with Crippen LogP contribution in [0.1, 0.15) is 34.9 Å². The summed E-state index contributed by atoms with van der Waals surface area (Å²) < 4.78 is 18.9. The number of hydrogen-bond donors (Lipinski definition) is 4. The lowest BCUT2D eigenvalue weighted by molar-refractivity contribution is -0.231. The van der Waals surface area contributed by atoms with Gasteiger partial charge in [-0.1, -0.05) is 42.8 Å². The van der Waals surface area contributed by atoms with Crippen molar-refractivity contribution < 1.29 is 29.6 Å². The van der Waals surface area contributed by atoms with E-state index in [0.29, 0.717) is 10.6 Å². The number of aliphatic hydroxyl groups is 4. The molecule has 4 rings (SSSR count). The molecule has 1 aliphatic rings. The molecule has 170 valence electrons. The fourth-order valence-electron chi connectivity index (χ4n) is 3.96. The molecule has 0 amide bonds. The summed E-state index contributed by atoms with van der Waals surface area (Å²) in [5.41, 5.74) is 2.33. The first-order valence-corrected chi connectivity index (χ1v) is 11.4. The van der Waals surface area contributed by atoms with Crippen molar-refractivity contribution in [2.75, 3.05) is 6.61 Å². The largest absolute Gasteiger partial charge is 0.394 e. The smallest absolute Gasteiger partial charge is 0.123 e. The van der Waals surface area contributed by atoms with Crippen LogP contribution in [0.5, 0.6) is 0 Å². The molecule has 0 aliphatic carbocycles. The van der Waals surface area contributed by atoms with Gasteiger partial charge in [-0.3, -0.25) is 0 Å². The molecule has 1 saturated heterocycles. The van der Waals surface area contributed by atoms with Crippen LogP contribution in [0.3, 0.4) is 0 Å². The van der Waals surface area contributed by atoms with E-state index >= 15 is 0 Å². The molecule has 1 aromatic heterocycles. The summed E-state index contributed by atoms with van der Waals surface area (Å²) in [6.07, 6.45) is -6.12. The summed E-state index contributed by atoms with van der Waals surface area (Å²) in [4.78, 5) is 2.06. The highest BCUT2D eigenvalue weighted by Gasteiger charge is 2.44. The van der Waals surface area contributed by atoms with E-state index in [1.165, 1.54) is 12.1 Å². The van der Waals surface area contributed by atoms with Crippen molar-refractivity contribution in [1.82, 2.24) is 0 Å². The fraction of sp³-hybridized carbons (Fsp3) is 0.333. The summed E-state index contributed by atoms with van der Waals surface area (Å²) >= 11 is 8.08. The maximum Gasteiger partial charge on any atom is 0.123 e. The molecule has 1 fully saturated rings. The minimum atomic E-state index is -1.45. The normalized spacial score (nSPS) is 26.8. The highest BCUT2D eigenvalue weighted by molar-refractivity contribution is 7.15. The summed E-state index contributed by atoms with van der Waals surface area (Å²) in [6.45, 7) is 1.53. The topological polar surface area (TPSA) is 90.2 Å². The van der Waals surface area contributed by atoms with Gasteiger partial charge in [-0.25, -0.2) is 4.39 Å². The van der Waals surface area contributed by atoms with Gasteiger partial charge in [-0.05, 0) is 47.0 Å². The van der Waals surface area contributed by atoms with Gasteiger partial charge < -0.3 is 25.2 Å². The third-order valence-corrected chi connectivity index (χ3v) is 7.55. The lowest BCUT2D eigenvalue weighted by Gasteiger charge is -2.40. The number of thiophene rings is 1. The average molecular weight is 479 g/mol. The second-order valence-corrected chi connectivity index (χ2v) is 9.48. The summed E-state index contributed by atoms with van der Waals surface area (Å²) in [5, 5.41) is 40.6. The third kappa shape index (κ3) is 4.47. The lowest BCUT2D eigenvalue weighted by atomic mass is 9.89. The minimum Gasteiger partial charge on any atom is -0.394 e. The number of aliphatic hydroxyl groups excluding tert-OH is 4. The Labute approximate surface area is 194 Å². The van der Waals surface area contributed by atoms with Crippen molar-refractivity contribution in [3.63, 3.8) is 0 Å². The maximum absolute atomic E-state index is 13.2. The van der Waals surface area contributed by atoms with Gasteiger partial charge in [0, 0.05) is 20.7 Å². The predicted octanol–water partition coefficient (Wildman–Crippen LogP) is 3.87. The van der Waals surface area contributed by atoms with Gasteiger partial charge in [0.2, 0.25) is 0 Å². The van der Waals surface area contributed by atoms with Gasteiger partial charge in [-0.2, -0.15) is 0 Å². The van der Waals surface area contributed by atoms with Gasteiger partial charge >= 0.3 is 0 Å². The van der Waals surface area contributed by atoms with Crippen LogP contribution < -0.4 is 0 Å². The van der Waals surface area contributed by atoms with Crippen molar-refractivity contribution in [2.24, 2.45) is 0 Å². The zero-order valence-corrected chi connectivity index (χ0v) is 18.8. The Hall–Kier alpha value is -1.84. The Bertz CT molecular complexity index is 1070. The third-order valence-electron chi connectivity index (χ3n) is 5.89. The maximum atomic E-state index is 13.2. The molecule has 6 atom stereocenters. The quantitative estimate of drug-likeness (QED) is 0.447. The van der Waals surface area contributed by atoms with Crippen molar-refractivity contribution >= 4 is 22.9 Å². The Morgan fingerprint density at radius 3 is 2.41 bits per heavy atom. The monoisotopic (exact) mass is 478 g/mol. The fourth-order valence-corrected chi connectivity index (χ4v) is 5.32. The molecular weight excluding hydrogens is 455 g/mol. The zero-order chi connectivity index (χ0) is 23.0. The average Bonchev–Trinajstić information content (AvgIpc) is 3.29. The number of rotatable bonds is 5. The van der Waals surface area contributed by atoms with Crippen LogP contribution in [0.25, 0.3) is 10.4 Å². The van der Waals surface area contributed by atoms with Gasteiger partial charge in [0.1, 0.15) is 36.3 Å². The molecule has 6 unspecified atom stereocenters. The first-order chi connectivity index (χ1) is 15.3. The standard InChI is InChI=1S/C24H24ClFO5S/c1-12(19-8-9-20(32-19)13-2-5-15(26)6-3-13)16-10-14(4-7-17(16)25)24-23(30)22(29)21(28)18(11-27)31-24/h2-10,12,18,21-24,27-30H,11H2,1H3. The zero-order valence-electron chi connectivity index (χ0n) is 17.2. The van der Waals surface area contributed by atoms with Gasteiger partial charge in [-0.15, -0.1) is 11.3 Å². The van der Waals surface area contributed by atoms with Crippen LogP contribution in [0, 0.1) is 5.82 Å². The van der Waals surface area contributed by atoms with Crippen LogP contribution in [0.4, 0.5) is 4.39 Å². The Kier molecular flexibility index (Phi) is 6.97. The van der Waals surface area contributed by atoms with E-state index in [4.69, 9.17) is 16.3 Å². The Morgan fingerprint density at radius 2 is 1.72 bits per heavy atom. The number of benzene rings is 2. The van der Waals surface area contributed by atoms with E-state index in [9.17, 15) is 24.8 Å². The molecule has 2 heterocycles. The molecule has 2 aromatic carbocycles. The van der Waals surface area contributed by atoms with Crippen LogP contribution >= 0.6 is 22.9 Å². The minimum absolute atomic E-state index is 0.0773. The molecule has 32 heavy (non-hydrogen) atoms. The van der Waals surface area contributed by atoms with E-state index < -0.39 is 37.1 Å². The van der Waals surface area contributed by atoms with Gasteiger partial charge in [0.15, 0.2) is 0 Å². The SMILES string of the molecule is CC(c1ccc(-c2ccc(F)cc2)s1)c1cc(C2OC(CO)C(O)C(O)C2O)ccc1Cl. The molecule has 0 spiro atoms. The van der Waals surface area contributed by atoms with Crippen LogP contribution in [-0.2, 0) is 4.74 Å². The van der Waals surface area contributed by atoms with Crippen LogP contribution in [0.15, 0.2) is 54.6 Å². The molecule has 8 heteroatoms. The number of hydrogen-bond acceptors (Lipinski definition) is 6. The number of ether oxygens (including phenoxy) is 1. The first-order valence-electron chi connectivity index (χ1n) is 10.3. The van der Waals surface area contributed by atoms with Crippen molar-refractivity contribution in [3.8, 4) is 10.4 Å². The molecule has 3 aromatic rings. The Balaban J connectivity index is 1.62. The summed E-state index contributed by atoms with van der Waals surface area (Å²) in [6, 6.07) is 15.5. The summed E-state index contributed by atoms with van der Waals surface area (Å²) in [7, 11) is 0.